The fourth-order valence-electron chi connectivity index (χ4n) is 2.78. The smallest absolute Gasteiger partial charge is 0.248 e. The van der Waals surface area contributed by atoms with Crippen LogP contribution in [-0.2, 0) is 11.3 Å². The monoisotopic (exact) mass is 393 g/mol. The zero-order valence-electron chi connectivity index (χ0n) is 15.6. The van der Waals surface area contributed by atoms with E-state index in [1.807, 2.05) is 37.3 Å². The minimum absolute atomic E-state index is 0.0557. The van der Waals surface area contributed by atoms with Gasteiger partial charge in [-0.05, 0) is 37.6 Å². The molecule has 0 aliphatic rings. The zero-order valence-corrected chi connectivity index (χ0v) is 16.4. The molecule has 1 amide bonds. The van der Waals surface area contributed by atoms with Gasteiger partial charge in [0.1, 0.15) is 5.15 Å². The number of nitrogens with one attached hydrogen (secondary N) is 1. The topological polar surface area (TPSA) is 64.0 Å². The highest BCUT2D eigenvalue weighted by Crippen LogP contribution is 2.22. The first-order chi connectivity index (χ1) is 13.4. The Morgan fingerprint density at radius 3 is 2.61 bits per heavy atom. The van der Waals surface area contributed by atoms with E-state index < -0.39 is 0 Å². The van der Waals surface area contributed by atoms with Gasteiger partial charge in [-0.1, -0.05) is 54.1 Å². The van der Waals surface area contributed by atoms with E-state index in [1.54, 1.807) is 35.0 Å². The molecule has 1 aromatic heterocycles. The van der Waals surface area contributed by atoms with Gasteiger partial charge in [-0.25, -0.2) is 4.68 Å². The molecule has 2 aromatic carbocycles. The Hall–Kier alpha value is -3.18. The van der Waals surface area contributed by atoms with Gasteiger partial charge in [0, 0.05) is 22.9 Å². The van der Waals surface area contributed by atoms with E-state index in [0.717, 1.165) is 11.3 Å². The predicted molar refractivity (Wildman–Crippen MR) is 112 cm³/mol. The highest BCUT2D eigenvalue weighted by Gasteiger charge is 2.12. The van der Waals surface area contributed by atoms with Gasteiger partial charge in [0.15, 0.2) is 5.78 Å². The Kier molecular flexibility index (Phi) is 6.06. The Morgan fingerprint density at radius 2 is 1.89 bits per heavy atom. The number of Topliss-reactive ketones (excluding diaryl/α,β-unsaturated/α-hetero) is 1. The molecule has 0 fully saturated rings. The third-order valence-electron chi connectivity index (χ3n) is 4.22. The second kappa shape index (κ2) is 8.67. The van der Waals surface area contributed by atoms with Crippen molar-refractivity contribution in [1.29, 1.82) is 0 Å². The van der Waals surface area contributed by atoms with Crippen LogP contribution in [0.2, 0.25) is 5.15 Å². The molecule has 0 saturated heterocycles. The summed E-state index contributed by atoms with van der Waals surface area (Å²) < 4.78 is 1.71. The van der Waals surface area contributed by atoms with Gasteiger partial charge < -0.3 is 5.32 Å². The summed E-state index contributed by atoms with van der Waals surface area (Å²) in [5, 5.41) is 7.68. The number of hydrogen-bond donors (Lipinski definition) is 1. The van der Waals surface area contributed by atoms with Gasteiger partial charge in [0.2, 0.25) is 5.91 Å². The van der Waals surface area contributed by atoms with Crippen molar-refractivity contribution in [1.82, 2.24) is 9.78 Å². The third-order valence-corrected chi connectivity index (χ3v) is 4.62. The van der Waals surface area contributed by atoms with Crippen LogP contribution in [0.1, 0.15) is 34.1 Å². The molecular weight excluding hydrogens is 374 g/mol. The summed E-state index contributed by atoms with van der Waals surface area (Å²) in [6.45, 7) is 3.89. The first-order valence-electron chi connectivity index (χ1n) is 8.81. The van der Waals surface area contributed by atoms with E-state index in [-0.39, 0.29) is 11.7 Å². The normalized spacial score (nSPS) is 11.0. The number of benzene rings is 2. The number of rotatable bonds is 6. The number of anilines is 1. The van der Waals surface area contributed by atoms with Crippen molar-refractivity contribution in [3.63, 3.8) is 0 Å². The number of carbonyl (C=O) groups excluding carboxylic acids is 2. The van der Waals surface area contributed by atoms with E-state index in [9.17, 15) is 9.59 Å². The van der Waals surface area contributed by atoms with E-state index in [1.165, 1.54) is 13.0 Å². The molecule has 0 aliphatic heterocycles. The van der Waals surface area contributed by atoms with E-state index in [4.69, 9.17) is 11.6 Å². The number of aryl methyl sites for hydroxylation is 1. The maximum Gasteiger partial charge on any atom is 0.248 e. The lowest BCUT2D eigenvalue weighted by atomic mass is 10.1. The van der Waals surface area contributed by atoms with Crippen molar-refractivity contribution < 1.29 is 9.59 Å². The Morgan fingerprint density at radius 1 is 1.14 bits per heavy atom. The SMILES string of the molecule is CC(=O)c1cccc(NC(=O)/C=C/c2c(C)nn(Cc3ccccc3)c2Cl)c1. The Labute approximate surface area is 168 Å². The molecular formula is C22H20ClN3O2. The maximum absolute atomic E-state index is 12.2. The van der Waals surface area contributed by atoms with Crippen LogP contribution in [0.5, 0.6) is 0 Å². The summed E-state index contributed by atoms with van der Waals surface area (Å²) in [6, 6.07) is 16.7. The average molecular weight is 394 g/mol. The van der Waals surface area contributed by atoms with Crippen molar-refractivity contribution in [3.8, 4) is 0 Å². The second-order valence-corrected chi connectivity index (χ2v) is 6.75. The van der Waals surface area contributed by atoms with Crippen LogP contribution in [-0.4, -0.2) is 21.5 Å². The molecule has 28 heavy (non-hydrogen) atoms. The molecule has 1 heterocycles. The van der Waals surface area contributed by atoms with Gasteiger partial charge in [-0.3, -0.25) is 9.59 Å². The van der Waals surface area contributed by atoms with E-state index >= 15 is 0 Å². The van der Waals surface area contributed by atoms with Crippen LogP contribution >= 0.6 is 11.6 Å². The number of halogens is 1. The van der Waals surface area contributed by atoms with Gasteiger partial charge in [-0.2, -0.15) is 5.10 Å². The maximum atomic E-state index is 12.2. The minimum atomic E-state index is -0.313. The number of aromatic nitrogens is 2. The molecule has 1 N–H and O–H groups in total. The van der Waals surface area contributed by atoms with Crippen LogP contribution in [0.25, 0.3) is 6.08 Å². The molecule has 0 radical (unpaired) electrons. The predicted octanol–water partition coefficient (Wildman–Crippen LogP) is 4.75. The van der Waals surface area contributed by atoms with E-state index in [2.05, 4.69) is 10.4 Å². The van der Waals surface area contributed by atoms with Gasteiger partial charge in [-0.15, -0.1) is 0 Å². The summed E-state index contributed by atoms with van der Waals surface area (Å²) in [5.74, 6) is -0.369. The lowest BCUT2D eigenvalue weighted by Gasteiger charge is -2.04. The zero-order chi connectivity index (χ0) is 20.1. The highest BCUT2D eigenvalue weighted by atomic mass is 35.5. The molecule has 0 spiro atoms. The summed E-state index contributed by atoms with van der Waals surface area (Å²) in [5.41, 5.74) is 3.63. The third kappa shape index (κ3) is 4.75. The standard InChI is InChI=1S/C22H20ClN3O2/c1-15-20(22(23)26(25-15)14-17-7-4-3-5-8-17)11-12-21(28)24-19-10-6-9-18(13-19)16(2)27/h3-13H,14H2,1-2H3,(H,24,28)/b12-11+. The summed E-state index contributed by atoms with van der Waals surface area (Å²) in [7, 11) is 0. The van der Waals surface area contributed by atoms with Gasteiger partial charge in [0.05, 0.1) is 12.2 Å². The molecule has 0 unspecified atom stereocenters. The molecule has 3 rings (SSSR count). The lowest BCUT2D eigenvalue weighted by Crippen LogP contribution is -2.08. The van der Waals surface area contributed by atoms with Crippen molar-refractivity contribution in [2.45, 2.75) is 20.4 Å². The summed E-state index contributed by atoms with van der Waals surface area (Å²) in [6.07, 6.45) is 3.06. The molecule has 142 valence electrons. The van der Waals surface area contributed by atoms with Crippen molar-refractivity contribution in [2.24, 2.45) is 0 Å². The number of hydrogen-bond acceptors (Lipinski definition) is 3. The molecule has 5 nitrogen and oxygen atoms in total. The highest BCUT2D eigenvalue weighted by molar-refractivity contribution is 6.31. The van der Waals surface area contributed by atoms with Crippen molar-refractivity contribution in [2.75, 3.05) is 5.32 Å². The summed E-state index contributed by atoms with van der Waals surface area (Å²) >= 11 is 6.46. The fraction of sp³-hybridized carbons (Fsp3) is 0.136. The molecule has 6 heteroatoms. The average Bonchev–Trinajstić information content (AvgIpc) is 2.94. The molecule has 0 bridgehead atoms. The molecule has 0 aliphatic carbocycles. The second-order valence-electron chi connectivity index (χ2n) is 6.39. The number of carbonyl (C=O) groups is 2. The quantitative estimate of drug-likeness (QED) is 0.485. The van der Waals surface area contributed by atoms with E-state index in [0.29, 0.717) is 28.5 Å². The van der Waals surface area contributed by atoms with Gasteiger partial charge >= 0.3 is 0 Å². The molecule has 0 atom stereocenters. The first-order valence-corrected chi connectivity index (χ1v) is 9.18. The Bertz CT molecular complexity index is 1040. The van der Waals surface area contributed by atoms with Crippen LogP contribution < -0.4 is 5.32 Å². The molecule has 3 aromatic rings. The fourth-order valence-corrected chi connectivity index (χ4v) is 3.07. The summed E-state index contributed by atoms with van der Waals surface area (Å²) in [4.78, 5) is 23.7. The number of ketones is 1. The van der Waals surface area contributed by atoms with Crippen molar-refractivity contribution in [3.05, 3.63) is 88.2 Å². The Balaban J connectivity index is 1.72. The lowest BCUT2D eigenvalue weighted by molar-refractivity contribution is -0.111. The first kappa shape index (κ1) is 19.6. The number of amides is 1. The minimum Gasteiger partial charge on any atom is -0.322 e. The van der Waals surface area contributed by atoms with Crippen LogP contribution in [0.3, 0.4) is 0 Å². The van der Waals surface area contributed by atoms with Crippen LogP contribution in [0.4, 0.5) is 5.69 Å². The van der Waals surface area contributed by atoms with Crippen LogP contribution in [0.15, 0.2) is 60.7 Å². The van der Waals surface area contributed by atoms with Crippen molar-refractivity contribution >= 4 is 35.1 Å². The van der Waals surface area contributed by atoms with Gasteiger partial charge in [0.25, 0.3) is 0 Å². The van der Waals surface area contributed by atoms with Crippen LogP contribution in [0, 0.1) is 6.92 Å². The number of nitrogens with zero attached hydrogens (tertiary/aromatic N) is 2. The molecule has 0 saturated carbocycles. The largest absolute Gasteiger partial charge is 0.322 e.